The van der Waals surface area contributed by atoms with Gasteiger partial charge in [0.2, 0.25) is 5.91 Å². The lowest BCUT2D eigenvalue weighted by atomic mass is 9.59. The van der Waals surface area contributed by atoms with E-state index in [2.05, 4.69) is 23.1 Å². The van der Waals surface area contributed by atoms with E-state index >= 15 is 0 Å². The SMILES string of the molecule is CCCC[C@H](C(=O)N1C(=O)OC[C@H]1Cc1ccccc1)C1(C(C#N)C(=O)OCC)CCN(Cc2ccccc2)CC1. The molecule has 4 rings (SSSR count). The number of hydrogen-bond donors (Lipinski definition) is 0. The molecule has 2 aromatic rings. The van der Waals surface area contributed by atoms with Crippen LogP contribution >= 0.6 is 0 Å². The van der Waals surface area contributed by atoms with Crippen molar-refractivity contribution < 1.29 is 23.9 Å². The Morgan fingerprint density at radius 2 is 1.68 bits per heavy atom. The first-order valence-electron chi connectivity index (χ1n) is 14.8. The van der Waals surface area contributed by atoms with Gasteiger partial charge in [-0.1, -0.05) is 80.4 Å². The van der Waals surface area contributed by atoms with Gasteiger partial charge in [0.15, 0.2) is 5.92 Å². The minimum Gasteiger partial charge on any atom is -0.465 e. The maximum absolute atomic E-state index is 14.5. The fraction of sp³-hybridized carbons (Fsp3) is 0.515. The smallest absolute Gasteiger partial charge is 0.416 e. The van der Waals surface area contributed by atoms with E-state index in [1.54, 1.807) is 6.92 Å². The molecule has 1 unspecified atom stereocenters. The Kier molecular flexibility index (Phi) is 10.5. The second kappa shape index (κ2) is 14.3. The number of carbonyl (C=O) groups excluding carboxylic acids is 3. The molecular weight excluding hydrogens is 518 g/mol. The van der Waals surface area contributed by atoms with Crippen molar-refractivity contribution in [3.8, 4) is 6.07 Å². The normalized spacial score (nSPS) is 20.1. The predicted octanol–water partition coefficient (Wildman–Crippen LogP) is 5.37. The van der Waals surface area contributed by atoms with Gasteiger partial charge in [-0.2, -0.15) is 5.26 Å². The van der Waals surface area contributed by atoms with Crippen LogP contribution in [-0.4, -0.2) is 60.1 Å². The van der Waals surface area contributed by atoms with Crippen molar-refractivity contribution in [2.45, 2.75) is 65.0 Å². The zero-order valence-electron chi connectivity index (χ0n) is 24.2. The maximum Gasteiger partial charge on any atom is 0.416 e. The average molecular weight is 560 g/mol. The average Bonchev–Trinajstić information content (AvgIpc) is 3.35. The summed E-state index contributed by atoms with van der Waals surface area (Å²) in [6.45, 7) is 6.04. The molecule has 3 atom stereocenters. The molecule has 8 heteroatoms. The molecule has 41 heavy (non-hydrogen) atoms. The number of likely N-dealkylation sites (tertiary alicyclic amines) is 1. The summed E-state index contributed by atoms with van der Waals surface area (Å²) in [7, 11) is 0. The molecule has 2 amide bonds. The van der Waals surface area contributed by atoms with Crippen molar-refractivity contribution in [1.29, 1.82) is 5.26 Å². The number of imide groups is 1. The Hall–Kier alpha value is -3.70. The van der Waals surface area contributed by atoms with Crippen LogP contribution in [0.4, 0.5) is 4.79 Å². The Bertz CT molecular complexity index is 1200. The second-order valence-electron chi connectivity index (χ2n) is 11.1. The lowest BCUT2D eigenvalue weighted by molar-refractivity contribution is -0.158. The van der Waals surface area contributed by atoms with Crippen LogP contribution in [0.15, 0.2) is 60.7 Å². The van der Waals surface area contributed by atoms with Crippen molar-refractivity contribution in [2.24, 2.45) is 17.3 Å². The Morgan fingerprint density at radius 1 is 1.05 bits per heavy atom. The topological polar surface area (TPSA) is 99.9 Å². The minimum atomic E-state index is -1.11. The molecule has 2 aromatic carbocycles. The summed E-state index contributed by atoms with van der Waals surface area (Å²) < 4.78 is 10.8. The number of rotatable bonds is 12. The number of cyclic esters (lactones) is 1. The summed E-state index contributed by atoms with van der Waals surface area (Å²) in [5.74, 6) is -2.74. The van der Waals surface area contributed by atoms with Crippen LogP contribution in [0.1, 0.15) is 57.1 Å². The van der Waals surface area contributed by atoms with Crippen molar-refractivity contribution >= 4 is 18.0 Å². The van der Waals surface area contributed by atoms with Gasteiger partial charge in [-0.25, -0.2) is 9.69 Å². The number of carbonyl (C=O) groups is 3. The van der Waals surface area contributed by atoms with E-state index in [1.807, 2.05) is 55.5 Å². The van der Waals surface area contributed by atoms with Crippen LogP contribution in [-0.2, 0) is 32.0 Å². The van der Waals surface area contributed by atoms with Gasteiger partial charge in [-0.05, 0) is 56.8 Å². The van der Waals surface area contributed by atoms with Gasteiger partial charge in [0.1, 0.15) is 6.61 Å². The van der Waals surface area contributed by atoms with Crippen LogP contribution in [0, 0.1) is 28.6 Å². The third-order valence-electron chi connectivity index (χ3n) is 8.61. The van der Waals surface area contributed by atoms with E-state index in [9.17, 15) is 19.6 Å². The quantitative estimate of drug-likeness (QED) is 0.323. The van der Waals surface area contributed by atoms with Gasteiger partial charge in [0, 0.05) is 17.9 Å². The first-order chi connectivity index (χ1) is 19.9. The lowest BCUT2D eigenvalue weighted by Gasteiger charge is -2.48. The van der Waals surface area contributed by atoms with Crippen molar-refractivity contribution in [1.82, 2.24) is 9.80 Å². The number of piperidine rings is 1. The molecule has 0 saturated carbocycles. The fourth-order valence-electron chi connectivity index (χ4n) is 6.45. The molecule has 0 bridgehead atoms. The molecule has 2 saturated heterocycles. The molecule has 0 aromatic heterocycles. The lowest BCUT2D eigenvalue weighted by Crippen LogP contribution is -2.55. The minimum absolute atomic E-state index is 0.122. The van der Waals surface area contributed by atoms with Crippen LogP contribution < -0.4 is 0 Å². The van der Waals surface area contributed by atoms with Crippen LogP contribution in [0.5, 0.6) is 0 Å². The van der Waals surface area contributed by atoms with Crippen LogP contribution in [0.3, 0.4) is 0 Å². The monoisotopic (exact) mass is 559 g/mol. The standard InChI is InChI=1S/C33H41N3O5/c1-3-5-16-28(30(37)36-27(24-41-32(36)39)21-25-12-8-6-9-13-25)33(29(22-34)31(38)40-4-2)17-19-35(20-18-33)23-26-14-10-7-11-15-26/h6-15,27-29H,3-5,16-21,23-24H2,1-2H3/t27-,28-,29?/m1/s1. The van der Waals surface area contributed by atoms with E-state index in [0.29, 0.717) is 38.8 Å². The number of unbranched alkanes of at least 4 members (excludes halogenated alkanes) is 1. The number of hydrogen-bond acceptors (Lipinski definition) is 7. The van der Waals surface area contributed by atoms with E-state index < -0.39 is 35.4 Å². The first kappa shape index (κ1) is 30.3. The number of ether oxygens (including phenoxy) is 2. The van der Waals surface area contributed by atoms with Crippen molar-refractivity contribution in [3.05, 3.63) is 71.8 Å². The van der Waals surface area contributed by atoms with Gasteiger partial charge >= 0.3 is 12.1 Å². The fourth-order valence-corrected chi connectivity index (χ4v) is 6.45. The predicted molar refractivity (Wildman–Crippen MR) is 154 cm³/mol. The highest BCUT2D eigenvalue weighted by molar-refractivity contribution is 5.95. The highest BCUT2D eigenvalue weighted by Crippen LogP contribution is 2.49. The molecule has 0 radical (unpaired) electrons. The summed E-state index contributed by atoms with van der Waals surface area (Å²) in [6.07, 6.45) is 2.84. The molecule has 2 fully saturated rings. The molecular formula is C33H41N3O5. The molecule has 2 heterocycles. The number of nitrogens with zero attached hydrogens (tertiary/aromatic N) is 3. The third kappa shape index (κ3) is 6.97. The van der Waals surface area contributed by atoms with E-state index in [4.69, 9.17) is 9.47 Å². The zero-order valence-corrected chi connectivity index (χ0v) is 24.2. The number of esters is 1. The number of amides is 2. The van der Waals surface area contributed by atoms with Crippen LogP contribution in [0.25, 0.3) is 0 Å². The van der Waals surface area contributed by atoms with Gasteiger partial charge in [-0.15, -0.1) is 0 Å². The van der Waals surface area contributed by atoms with Gasteiger partial charge in [0.05, 0.1) is 18.7 Å². The molecule has 2 aliphatic rings. The second-order valence-corrected chi connectivity index (χ2v) is 11.1. The van der Waals surface area contributed by atoms with Gasteiger partial charge in [-0.3, -0.25) is 14.5 Å². The molecule has 0 spiro atoms. The Labute approximate surface area is 243 Å². The molecule has 0 aliphatic carbocycles. The summed E-state index contributed by atoms with van der Waals surface area (Å²) in [5.41, 5.74) is 1.23. The summed E-state index contributed by atoms with van der Waals surface area (Å²) in [4.78, 5) is 44.4. The van der Waals surface area contributed by atoms with Crippen molar-refractivity contribution in [3.63, 3.8) is 0 Å². The van der Waals surface area contributed by atoms with Gasteiger partial charge in [0.25, 0.3) is 0 Å². The highest BCUT2D eigenvalue weighted by atomic mass is 16.6. The molecule has 218 valence electrons. The largest absolute Gasteiger partial charge is 0.465 e. The number of nitriles is 1. The van der Waals surface area contributed by atoms with E-state index in [-0.39, 0.29) is 19.1 Å². The number of benzene rings is 2. The molecule has 0 N–H and O–H groups in total. The Balaban J connectivity index is 1.66. The van der Waals surface area contributed by atoms with E-state index in [0.717, 1.165) is 24.9 Å². The van der Waals surface area contributed by atoms with Crippen LogP contribution in [0.2, 0.25) is 0 Å². The summed E-state index contributed by atoms with van der Waals surface area (Å²) in [6, 6.07) is 21.7. The van der Waals surface area contributed by atoms with Gasteiger partial charge < -0.3 is 9.47 Å². The third-order valence-corrected chi connectivity index (χ3v) is 8.61. The molecule has 2 aliphatic heterocycles. The highest BCUT2D eigenvalue weighted by Gasteiger charge is 2.56. The Morgan fingerprint density at radius 3 is 2.27 bits per heavy atom. The zero-order chi connectivity index (χ0) is 29.2. The molecule has 8 nitrogen and oxygen atoms in total. The van der Waals surface area contributed by atoms with E-state index in [1.165, 1.54) is 10.5 Å². The van der Waals surface area contributed by atoms with Crippen molar-refractivity contribution in [2.75, 3.05) is 26.3 Å². The summed E-state index contributed by atoms with van der Waals surface area (Å²) >= 11 is 0. The maximum atomic E-state index is 14.5. The first-order valence-corrected chi connectivity index (χ1v) is 14.8. The summed E-state index contributed by atoms with van der Waals surface area (Å²) in [5, 5.41) is 10.4.